The first kappa shape index (κ1) is 20.5. The van der Waals surface area contributed by atoms with Crippen molar-refractivity contribution in [2.45, 2.75) is 55.5 Å². The number of hydrogen-bond acceptors (Lipinski definition) is 4. The minimum atomic E-state index is -1.12. The maximum absolute atomic E-state index is 12.7. The average molecular weight is 434 g/mol. The Bertz CT molecular complexity index is 1040. The average Bonchev–Trinajstić information content (AvgIpc) is 3.46. The maximum atomic E-state index is 12.7. The van der Waals surface area contributed by atoms with Crippen LogP contribution < -0.4 is 10.6 Å². The molecular weight excluding hydrogens is 408 g/mol. The molecule has 0 aromatic heterocycles. The number of carboxylic acid groups (broad SMARTS) is 1. The lowest BCUT2D eigenvalue weighted by molar-refractivity contribution is -0.143. The van der Waals surface area contributed by atoms with E-state index in [2.05, 4.69) is 34.9 Å². The number of carboxylic acids is 1. The Balaban J connectivity index is 1.21. The standard InChI is InChI=1S/C25H26N2O5/c28-21(26-25(12-13-25)22(29)30)14-24(10-5-11-24)27-23(31)32-15-20-18-8-3-1-6-16(18)17-7-2-4-9-19(17)20/h1-4,6-9,20H,5,10-15H2,(H,26,28)(H,27,31)(H,29,30). The van der Waals surface area contributed by atoms with Crippen molar-refractivity contribution in [3.05, 3.63) is 59.7 Å². The highest BCUT2D eigenvalue weighted by molar-refractivity contribution is 5.90. The van der Waals surface area contributed by atoms with Crippen molar-refractivity contribution < 1.29 is 24.2 Å². The molecule has 166 valence electrons. The quantitative estimate of drug-likeness (QED) is 0.618. The first-order valence-electron chi connectivity index (χ1n) is 11.1. The summed E-state index contributed by atoms with van der Waals surface area (Å²) in [4.78, 5) is 36.5. The molecule has 7 nitrogen and oxygen atoms in total. The van der Waals surface area contributed by atoms with Crippen LogP contribution in [0.1, 0.15) is 55.6 Å². The normalized spacial score (nSPS) is 19.1. The Labute approximate surface area is 186 Å². The monoisotopic (exact) mass is 434 g/mol. The Kier molecular flexibility index (Phi) is 4.92. The van der Waals surface area contributed by atoms with Crippen molar-refractivity contribution >= 4 is 18.0 Å². The molecule has 3 aliphatic carbocycles. The summed E-state index contributed by atoms with van der Waals surface area (Å²) >= 11 is 0. The third-order valence-corrected chi connectivity index (χ3v) is 7.06. The molecule has 2 fully saturated rings. The predicted octanol–water partition coefficient (Wildman–Crippen LogP) is 3.57. The number of amides is 2. The van der Waals surface area contributed by atoms with E-state index >= 15 is 0 Å². The van der Waals surface area contributed by atoms with Crippen LogP contribution in [0, 0.1) is 0 Å². The van der Waals surface area contributed by atoms with E-state index < -0.39 is 23.1 Å². The van der Waals surface area contributed by atoms with Gasteiger partial charge in [-0.2, -0.15) is 0 Å². The zero-order valence-corrected chi connectivity index (χ0v) is 17.7. The van der Waals surface area contributed by atoms with E-state index in [0.717, 1.165) is 28.7 Å². The molecule has 3 N–H and O–H groups in total. The van der Waals surface area contributed by atoms with Gasteiger partial charge in [0.05, 0.1) is 5.54 Å². The van der Waals surface area contributed by atoms with E-state index in [-0.39, 0.29) is 24.9 Å². The van der Waals surface area contributed by atoms with E-state index in [0.29, 0.717) is 25.7 Å². The molecule has 0 unspecified atom stereocenters. The number of carbonyl (C=O) groups is 3. The molecule has 2 saturated carbocycles. The maximum Gasteiger partial charge on any atom is 0.407 e. The molecule has 0 bridgehead atoms. The van der Waals surface area contributed by atoms with Gasteiger partial charge >= 0.3 is 12.1 Å². The van der Waals surface area contributed by atoms with Crippen LogP contribution in [0.5, 0.6) is 0 Å². The largest absolute Gasteiger partial charge is 0.480 e. The van der Waals surface area contributed by atoms with E-state index in [1.54, 1.807) is 0 Å². The summed E-state index contributed by atoms with van der Waals surface area (Å²) in [6.07, 6.45) is 2.66. The predicted molar refractivity (Wildman–Crippen MR) is 117 cm³/mol. The SMILES string of the molecule is O=C(CC1(NC(=O)OCC2c3ccccc3-c3ccccc32)CCC1)NC1(C(=O)O)CC1. The summed E-state index contributed by atoms with van der Waals surface area (Å²) < 4.78 is 5.63. The van der Waals surface area contributed by atoms with Crippen LogP contribution in [0.15, 0.2) is 48.5 Å². The zero-order valence-electron chi connectivity index (χ0n) is 17.7. The number of alkyl carbamates (subject to hydrolysis) is 1. The molecule has 0 atom stereocenters. The summed E-state index contributed by atoms with van der Waals surface area (Å²) in [5.74, 6) is -1.37. The van der Waals surface area contributed by atoms with Gasteiger partial charge < -0.3 is 20.5 Å². The third kappa shape index (κ3) is 3.61. The van der Waals surface area contributed by atoms with Gasteiger partial charge in [0.15, 0.2) is 0 Å². The van der Waals surface area contributed by atoms with Gasteiger partial charge in [-0.3, -0.25) is 4.79 Å². The minimum Gasteiger partial charge on any atom is -0.480 e. The zero-order chi connectivity index (χ0) is 22.3. The van der Waals surface area contributed by atoms with E-state index in [1.807, 2.05) is 24.3 Å². The second kappa shape index (κ2) is 7.65. The summed E-state index contributed by atoms with van der Waals surface area (Å²) in [6.45, 7) is 0.213. The molecule has 5 rings (SSSR count). The Morgan fingerprint density at radius 3 is 2.00 bits per heavy atom. The van der Waals surface area contributed by atoms with Crippen LogP contribution in [0.4, 0.5) is 4.79 Å². The fourth-order valence-electron chi connectivity index (χ4n) is 4.94. The number of carbonyl (C=O) groups excluding carboxylic acids is 2. The second-order valence-corrected chi connectivity index (χ2v) is 9.20. The smallest absolute Gasteiger partial charge is 0.407 e. The van der Waals surface area contributed by atoms with Gasteiger partial charge in [0.2, 0.25) is 5.91 Å². The first-order valence-corrected chi connectivity index (χ1v) is 11.1. The topological polar surface area (TPSA) is 105 Å². The van der Waals surface area contributed by atoms with Gasteiger partial charge in [-0.15, -0.1) is 0 Å². The van der Waals surface area contributed by atoms with Gasteiger partial charge in [0, 0.05) is 12.3 Å². The minimum absolute atomic E-state index is 0.0286. The highest BCUT2D eigenvalue weighted by atomic mass is 16.5. The highest BCUT2D eigenvalue weighted by Gasteiger charge is 2.52. The van der Waals surface area contributed by atoms with E-state index in [1.165, 1.54) is 0 Å². The van der Waals surface area contributed by atoms with Crippen molar-refractivity contribution in [1.82, 2.24) is 10.6 Å². The van der Waals surface area contributed by atoms with Crippen molar-refractivity contribution in [1.29, 1.82) is 0 Å². The lowest BCUT2D eigenvalue weighted by Crippen LogP contribution is -2.57. The Morgan fingerprint density at radius 1 is 0.906 bits per heavy atom. The molecule has 2 amide bonds. The molecule has 0 heterocycles. The number of hydrogen-bond donors (Lipinski definition) is 3. The van der Waals surface area contributed by atoms with Gasteiger partial charge in [-0.25, -0.2) is 9.59 Å². The van der Waals surface area contributed by atoms with E-state index in [4.69, 9.17) is 4.74 Å². The van der Waals surface area contributed by atoms with Crippen LogP contribution in [0.2, 0.25) is 0 Å². The van der Waals surface area contributed by atoms with Crippen LogP contribution in [0.25, 0.3) is 11.1 Å². The second-order valence-electron chi connectivity index (χ2n) is 9.20. The molecular formula is C25H26N2O5. The van der Waals surface area contributed by atoms with Crippen molar-refractivity contribution in [2.24, 2.45) is 0 Å². The number of rotatable bonds is 7. The number of fused-ring (bicyclic) bond motifs is 3. The van der Waals surface area contributed by atoms with Crippen molar-refractivity contribution in [2.75, 3.05) is 6.61 Å². The molecule has 0 aliphatic heterocycles. The molecule has 2 aromatic rings. The molecule has 2 aromatic carbocycles. The fraction of sp³-hybridized carbons (Fsp3) is 0.400. The lowest BCUT2D eigenvalue weighted by atomic mass is 9.74. The summed E-state index contributed by atoms with van der Waals surface area (Å²) in [5.41, 5.74) is 2.83. The van der Waals surface area contributed by atoms with Crippen LogP contribution >= 0.6 is 0 Å². The fourth-order valence-corrected chi connectivity index (χ4v) is 4.94. The molecule has 3 aliphatic rings. The molecule has 0 radical (unpaired) electrons. The molecule has 32 heavy (non-hydrogen) atoms. The molecule has 7 heteroatoms. The Hall–Kier alpha value is -3.35. The van der Waals surface area contributed by atoms with Crippen LogP contribution in [0.3, 0.4) is 0 Å². The van der Waals surface area contributed by atoms with Gasteiger partial charge in [0.1, 0.15) is 12.1 Å². The van der Waals surface area contributed by atoms with Crippen LogP contribution in [-0.4, -0.2) is 40.8 Å². The van der Waals surface area contributed by atoms with Gasteiger partial charge in [0.25, 0.3) is 0 Å². The summed E-state index contributed by atoms with van der Waals surface area (Å²) in [7, 11) is 0. The summed E-state index contributed by atoms with van der Waals surface area (Å²) in [5, 5.41) is 14.8. The number of nitrogens with one attached hydrogen (secondary N) is 2. The molecule has 0 saturated heterocycles. The highest BCUT2D eigenvalue weighted by Crippen LogP contribution is 2.44. The van der Waals surface area contributed by atoms with E-state index in [9.17, 15) is 19.5 Å². The van der Waals surface area contributed by atoms with Gasteiger partial charge in [-0.1, -0.05) is 48.5 Å². The summed E-state index contributed by atoms with van der Waals surface area (Å²) in [6, 6.07) is 16.3. The van der Waals surface area contributed by atoms with Crippen molar-refractivity contribution in [3.63, 3.8) is 0 Å². The third-order valence-electron chi connectivity index (χ3n) is 7.06. The Morgan fingerprint density at radius 2 is 1.50 bits per heavy atom. The lowest BCUT2D eigenvalue weighted by Gasteiger charge is -2.41. The van der Waals surface area contributed by atoms with Gasteiger partial charge in [-0.05, 0) is 54.4 Å². The first-order chi connectivity index (χ1) is 15.4. The van der Waals surface area contributed by atoms with Crippen molar-refractivity contribution in [3.8, 4) is 11.1 Å². The number of ether oxygens (including phenoxy) is 1. The molecule has 0 spiro atoms. The number of aliphatic carboxylic acids is 1. The number of benzene rings is 2. The van der Waals surface area contributed by atoms with Crippen LogP contribution in [-0.2, 0) is 14.3 Å².